The molecule has 0 bridgehead atoms. The molecule has 2 N–H and O–H groups in total. The molecule has 3 unspecified atom stereocenters. The largest absolute Gasteiger partial charge is 0.330 e. The molecule has 0 spiro atoms. The molecule has 0 aromatic heterocycles. The van der Waals surface area contributed by atoms with Crippen molar-refractivity contribution in [3.63, 3.8) is 0 Å². The van der Waals surface area contributed by atoms with E-state index in [2.05, 4.69) is 24.8 Å². The minimum absolute atomic E-state index is 0.0827. The lowest BCUT2D eigenvalue weighted by molar-refractivity contribution is 0.0943. The second-order valence-corrected chi connectivity index (χ2v) is 4.28. The number of nitriles is 1. The number of likely N-dealkylation sites (tertiary alicyclic amines) is 1. The van der Waals surface area contributed by atoms with Crippen LogP contribution in [0.15, 0.2) is 0 Å². The summed E-state index contributed by atoms with van der Waals surface area (Å²) in [4.78, 5) is 2.32. The fourth-order valence-electron chi connectivity index (χ4n) is 2.24. The van der Waals surface area contributed by atoms with Gasteiger partial charge < -0.3 is 5.73 Å². The van der Waals surface area contributed by atoms with Crippen LogP contribution in [0.4, 0.5) is 0 Å². The molecule has 1 saturated heterocycles. The van der Waals surface area contributed by atoms with Crippen molar-refractivity contribution in [2.45, 2.75) is 45.2 Å². The summed E-state index contributed by atoms with van der Waals surface area (Å²) in [7, 11) is 0. The first-order valence-electron chi connectivity index (χ1n) is 5.58. The van der Waals surface area contributed by atoms with Gasteiger partial charge in [-0.05, 0) is 38.6 Å². The normalized spacial score (nSPS) is 31.0. The van der Waals surface area contributed by atoms with E-state index in [-0.39, 0.29) is 6.04 Å². The monoisotopic (exact) mass is 195 g/mol. The first-order valence-corrected chi connectivity index (χ1v) is 5.58. The maximum absolute atomic E-state index is 9.03. The van der Waals surface area contributed by atoms with E-state index in [1.165, 1.54) is 12.8 Å². The summed E-state index contributed by atoms with van der Waals surface area (Å²) in [6, 6.07) is 3.01. The lowest BCUT2D eigenvalue weighted by Crippen LogP contribution is -2.48. The summed E-state index contributed by atoms with van der Waals surface area (Å²) in [5.74, 6) is 0.591. The highest BCUT2D eigenvalue weighted by Crippen LogP contribution is 2.23. The van der Waals surface area contributed by atoms with Gasteiger partial charge in [-0.15, -0.1) is 0 Å². The first kappa shape index (κ1) is 11.5. The minimum Gasteiger partial charge on any atom is -0.330 e. The van der Waals surface area contributed by atoms with Gasteiger partial charge in [-0.2, -0.15) is 5.26 Å². The maximum atomic E-state index is 9.03. The molecule has 3 nitrogen and oxygen atoms in total. The highest BCUT2D eigenvalue weighted by atomic mass is 15.2. The first-order chi connectivity index (χ1) is 6.72. The van der Waals surface area contributed by atoms with Gasteiger partial charge in [0.15, 0.2) is 0 Å². The molecule has 0 aromatic carbocycles. The Hall–Kier alpha value is -0.590. The summed E-state index contributed by atoms with van der Waals surface area (Å²) in [6.45, 7) is 6.05. The molecule has 80 valence electrons. The van der Waals surface area contributed by atoms with Crippen molar-refractivity contribution in [3.05, 3.63) is 0 Å². The van der Waals surface area contributed by atoms with Crippen LogP contribution in [-0.2, 0) is 0 Å². The lowest BCUT2D eigenvalue weighted by Gasteiger charge is -2.39. The number of piperidine rings is 1. The van der Waals surface area contributed by atoms with E-state index in [1.807, 2.05) is 0 Å². The Morgan fingerprint density at radius 1 is 1.57 bits per heavy atom. The van der Waals surface area contributed by atoms with Crippen LogP contribution in [0.2, 0.25) is 0 Å². The Bertz CT molecular complexity index is 209. The third kappa shape index (κ3) is 2.46. The van der Waals surface area contributed by atoms with Crippen LogP contribution in [0, 0.1) is 17.2 Å². The highest BCUT2D eigenvalue weighted by Gasteiger charge is 2.29. The average molecular weight is 195 g/mol. The summed E-state index contributed by atoms with van der Waals surface area (Å²) >= 11 is 0. The Kier molecular flexibility index (Phi) is 4.37. The van der Waals surface area contributed by atoms with Gasteiger partial charge in [-0.25, -0.2) is 0 Å². The molecule has 3 heteroatoms. The van der Waals surface area contributed by atoms with Gasteiger partial charge in [0.1, 0.15) is 0 Å². The molecule has 0 amide bonds. The van der Waals surface area contributed by atoms with E-state index in [9.17, 15) is 0 Å². The molecule has 0 aromatic rings. The van der Waals surface area contributed by atoms with Crippen LogP contribution in [0.3, 0.4) is 0 Å². The molecule has 1 aliphatic heterocycles. The predicted octanol–water partition coefficient (Wildman–Crippen LogP) is 1.35. The van der Waals surface area contributed by atoms with Crippen LogP contribution >= 0.6 is 0 Å². The SMILES string of the molecule is CCC(C#N)N1CC(CN)CCC1C. The predicted molar refractivity (Wildman–Crippen MR) is 57.6 cm³/mol. The quantitative estimate of drug-likeness (QED) is 0.739. The molecular formula is C11H21N3. The van der Waals surface area contributed by atoms with Crippen molar-refractivity contribution in [2.24, 2.45) is 11.7 Å². The van der Waals surface area contributed by atoms with E-state index in [1.54, 1.807) is 0 Å². The Labute approximate surface area is 86.9 Å². The van der Waals surface area contributed by atoms with Crippen molar-refractivity contribution in [3.8, 4) is 6.07 Å². The van der Waals surface area contributed by atoms with Crippen LogP contribution in [0.1, 0.15) is 33.1 Å². The molecule has 0 aliphatic carbocycles. The molecule has 1 rings (SSSR count). The number of nitrogens with zero attached hydrogens (tertiary/aromatic N) is 2. The second-order valence-electron chi connectivity index (χ2n) is 4.28. The van der Waals surface area contributed by atoms with E-state index < -0.39 is 0 Å². The number of nitrogens with two attached hydrogens (primary N) is 1. The summed E-state index contributed by atoms with van der Waals surface area (Å²) in [5.41, 5.74) is 5.68. The van der Waals surface area contributed by atoms with E-state index >= 15 is 0 Å². The van der Waals surface area contributed by atoms with E-state index in [4.69, 9.17) is 11.0 Å². The summed E-state index contributed by atoms with van der Waals surface area (Å²) in [6.07, 6.45) is 3.31. The average Bonchev–Trinajstić information content (AvgIpc) is 2.22. The van der Waals surface area contributed by atoms with Crippen molar-refractivity contribution < 1.29 is 0 Å². The number of rotatable bonds is 3. The van der Waals surface area contributed by atoms with Gasteiger partial charge in [0.25, 0.3) is 0 Å². The standard InChI is InChI=1S/C11H21N3/c1-3-11(7-13)14-8-10(6-12)5-4-9(14)2/h9-11H,3-6,8,12H2,1-2H3. The third-order valence-corrected chi connectivity index (χ3v) is 3.30. The lowest BCUT2D eigenvalue weighted by atomic mass is 9.92. The molecular weight excluding hydrogens is 174 g/mol. The molecule has 1 aliphatic rings. The van der Waals surface area contributed by atoms with Gasteiger partial charge in [0, 0.05) is 12.6 Å². The van der Waals surface area contributed by atoms with E-state index in [0.29, 0.717) is 12.0 Å². The van der Waals surface area contributed by atoms with Crippen molar-refractivity contribution in [2.75, 3.05) is 13.1 Å². The van der Waals surface area contributed by atoms with Gasteiger partial charge in [-0.3, -0.25) is 4.90 Å². The summed E-state index contributed by atoms with van der Waals surface area (Å²) in [5, 5.41) is 9.03. The fraction of sp³-hybridized carbons (Fsp3) is 0.909. The van der Waals surface area contributed by atoms with E-state index in [0.717, 1.165) is 19.5 Å². The molecule has 3 atom stereocenters. The zero-order valence-electron chi connectivity index (χ0n) is 9.24. The van der Waals surface area contributed by atoms with Gasteiger partial charge in [0.05, 0.1) is 12.1 Å². The maximum Gasteiger partial charge on any atom is 0.0977 e. The van der Waals surface area contributed by atoms with Crippen LogP contribution in [-0.4, -0.2) is 30.1 Å². The summed E-state index contributed by atoms with van der Waals surface area (Å²) < 4.78 is 0. The fourth-order valence-corrected chi connectivity index (χ4v) is 2.24. The third-order valence-electron chi connectivity index (χ3n) is 3.30. The topological polar surface area (TPSA) is 53.0 Å². The number of hydrogen-bond donors (Lipinski definition) is 1. The zero-order chi connectivity index (χ0) is 10.6. The Morgan fingerprint density at radius 2 is 2.29 bits per heavy atom. The van der Waals surface area contributed by atoms with Crippen molar-refractivity contribution in [1.29, 1.82) is 5.26 Å². The van der Waals surface area contributed by atoms with Gasteiger partial charge >= 0.3 is 0 Å². The van der Waals surface area contributed by atoms with Crippen molar-refractivity contribution in [1.82, 2.24) is 4.90 Å². The molecule has 0 saturated carbocycles. The van der Waals surface area contributed by atoms with Crippen molar-refractivity contribution >= 4 is 0 Å². The van der Waals surface area contributed by atoms with Crippen LogP contribution in [0.5, 0.6) is 0 Å². The smallest absolute Gasteiger partial charge is 0.0977 e. The van der Waals surface area contributed by atoms with Crippen LogP contribution < -0.4 is 5.73 Å². The van der Waals surface area contributed by atoms with Gasteiger partial charge in [-0.1, -0.05) is 6.92 Å². The molecule has 0 radical (unpaired) electrons. The number of hydrogen-bond acceptors (Lipinski definition) is 3. The minimum atomic E-state index is 0.0827. The molecule has 1 fully saturated rings. The van der Waals surface area contributed by atoms with Crippen LogP contribution in [0.25, 0.3) is 0 Å². The Balaban J connectivity index is 2.60. The van der Waals surface area contributed by atoms with Gasteiger partial charge in [0.2, 0.25) is 0 Å². The Morgan fingerprint density at radius 3 is 2.79 bits per heavy atom. The molecule has 1 heterocycles. The second kappa shape index (κ2) is 5.33. The molecule has 14 heavy (non-hydrogen) atoms. The zero-order valence-corrected chi connectivity index (χ0v) is 9.24. The highest BCUT2D eigenvalue weighted by molar-refractivity contribution is 4.95.